The number of alkyl halides is 3. The van der Waals surface area contributed by atoms with Crippen molar-refractivity contribution in [2.75, 3.05) is 0 Å². The van der Waals surface area contributed by atoms with Crippen LogP contribution in [0.15, 0.2) is 42.5 Å². The molecule has 2 aromatic rings. The van der Waals surface area contributed by atoms with E-state index in [9.17, 15) is 13.2 Å². The molecule has 3 rings (SSSR count). The fourth-order valence-electron chi connectivity index (χ4n) is 2.50. The zero-order valence-corrected chi connectivity index (χ0v) is 11.7. The van der Waals surface area contributed by atoms with Gasteiger partial charge in [-0.25, -0.2) is 0 Å². The Labute approximate surface area is 126 Å². The first kappa shape index (κ1) is 14.6. The van der Waals surface area contributed by atoms with Gasteiger partial charge in [0, 0.05) is 11.3 Å². The van der Waals surface area contributed by atoms with Crippen LogP contribution in [0.2, 0.25) is 0 Å². The van der Waals surface area contributed by atoms with Gasteiger partial charge in [0.25, 0.3) is 0 Å². The second kappa shape index (κ2) is 5.48. The predicted octanol–water partition coefficient (Wildman–Crippen LogP) is 4.60. The number of aryl methyl sites for hydroxylation is 1. The van der Waals surface area contributed by atoms with Crippen molar-refractivity contribution in [1.29, 1.82) is 5.41 Å². The third-order valence-corrected chi connectivity index (χ3v) is 3.74. The van der Waals surface area contributed by atoms with Gasteiger partial charge in [-0.15, -0.1) is 0 Å². The number of hydrogen-bond acceptors (Lipinski definition) is 2. The highest BCUT2D eigenvalue weighted by Gasteiger charge is 2.29. The monoisotopic (exact) mass is 305 g/mol. The third-order valence-electron chi connectivity index (χ3n) is 3.74. The number of halogens is 3. The zero-order chi connectivity index (χ0) is 15.7. The van der Waals surface area contributed by atoms with Crippen molar-refractivity contribution in [3.05, 3.63) is 64.7 Å². The van der Waals surface area contributed by atoms with Gasteiger partial charge in [-0.2, -0.15) is 13.2 Å². The average molecular weight is 305 g/mol. The maximum Gasteiger partial charge on any atom is 0.416 e. The minimum Gasteiger partial charge on any atom is -0.489 e. The molecule has 0 saturated heterocycles. The first-order valence-electron chi connectivity index (χ1n) is 6.93. The first-order valence-corrected chi connectivity index (χ1v) is 6.93. The molecule has 5 heteroatoms. The lowest BCUT2D eigenvalue weighted by atomic mass is 10.1. The van der Waals surface area contributed by atoms with Crippen LogP contribution in [-0.2, 0) is 19.2 Å². The summed E-state index contributed by atoms with van der Waals surface area (Å²) in [4.78, 5) is 0. The Hall–Kier alpha value is -2.30. The first-order chi connectivity index (χ1) is 10.4. The van der Waals surface area contributed by atoms with E-state index in [1.807, 2.05) is 18.2 Å². The van der Waals surface area contributed by atoms with E-state index < -0.39 is 11.7 Å². The summed E-state index contributed by atoms with van der Waals surface area (Å²) in [7, 11) is 0. The lowest BCUT2D eigenvalue weighted by Gasteiger charge is -2.10. The molecule has 22 heavy (non-hydrogen) atoms. The second-order valence-electron chi connectivity index (χ2n) is 5.28. The SMILES string of the molecule is N=C1CCc2ccc(OCc3ccc(C(F)(F)F)cc3)cc21. The van der Waals surface area contributed by atoms with E-state index in [1.54, 1.807) is 0 Å². The molecule has 0 aromatic heterocycles. The molecule has 0 aliphatic heterocycles. The van der Waals surface area contributed by atoms with E-state index in [2.05, 4.69) is 0 Å². The van der Waals surface area contributed by atoms with Crippen molar-refractivity contribution >= 4 is 5.71 Å². The Balaban J connectivity index is 1.68. The summed E-state index contributed by atoms with van der Waals surface area (Å²) >= 11 is 0. The normalized spacial score (nSPS) is 14.0. The van der Waals surface area contributed by atoms with Gasteiger partial charge in [-0.3, -0.25) is 0 Å². The summed E-state index contributed by atoms with van der Waals surface area (Å²) in [5, 5.41) is 7.84. The molecule has 2 aromatic carbocycles. The molecular formula is C17H14F3NO. The minimum absolute atomic E-state index is 0.199. The molecule has 1 aliphatic rings. The van der Waals surface area contributed by atoms with Crippen LogP contribution in [0.1, 0.15) is 28.7 Å². The van der Waals surface area contributed by atoms with Crippen molar-refractivity contribution in [2.24, 2.45) is 0 Å². The largest absolute Gasteiger partial charge is 0.489 e. The van der Waals surface area contributed by atoms with E-state index in [0.29, 0.717) is 17.0 Å². The van der Waals surface area contributed by atoms with Crippen LogP contribution in [-0.4, -0.2) is 5.71 Å². The molecule has 0 amide bonds. The minimum atomic E-state index is -4.32. The Morgan fingerprint density at radius 1 is 1.00 bits per heavy atom. The Bertz CT molecular complexity index is 705. The Morgan fingerprint density at radius 3 is 2.41 bits per heavy atom. The molecule has 114 valence electrons. The standard InChI is InChI=1S/C17H14F3NO/c18-17(19,20)13-5-1-11(2-6-13)10-22-14-7-3-12-4-8-16(21)15(12)9-14/h1-3,5-7,9,21H,4,8,10H2. The Morgan fingerprint density at radius 2 is 1.73 bits per heavy atom. The molecule has 0 saturated carbocycles. The molecule has 0 bridgehead atoms. The van der Waals surface area contributed by atoms with Gasteiger partial charge in [-0.1, -0.05) is 18.2 Å². The van der Waals surface area contributed by atoms with E-state index >= 15 is 0 Å². The number of hydrogen-bond donors (Lipinski definition) is 1. The van der Waals surface area contributed by atoms with Gasteiger partial charge >= 0.3 is 6.18 Å². The van der Waals surface area contributed by atoms with Crippen molar-refractivity contribution in [1.82, 2.24) is 0 Å². The molecule has 2 nitrogen and oxygen atoms in total. The van der Waals surface area contributed by atoms with Crippen LogP contribution in [0.25, 0.3) is 0 Å². The second-order valence-corrected chi connectivity index (χ2v) is 5.28. The smallest absolute Gasteiger partial charge is 0.416 e. The maximum absolute atomic E-state index is 12.5. The lowest BCUT2D eigenvalue weighted by molar-refractivity contribution is -0.137. The molecular weight excluding hydrogens is 291 g/mol. The number of benzene rings is 2. The summed E-state index contributed by atoms with van der Waals surface area (Å²) < 4.78 is 43.1. The highest BCUT2D eigenvalue weighted by atomic mass is 19.4. The van der Waals surface area contributed by atoms with Gasteiger partial charge in [0.2, 0.25) is 0 Å². The highest BCUT2D eigenvalue weighted by Crippen LogP contribution is 2.29. The van der Waals surface area contributed by atoms with Gasteiger partial charge < -0.3 is 10.1 Å². The van der Waals surface area contributed by atoms with Gasteiger partial charge in [0.1, 0.15) is 12.4 Å². The Kier molecular flexibility index (Phi) is 3.64. The topological polar surface area (TPSA) is 33.1 Å². The van der Waals surface area contributed by atoms with Crippen molar-refractivity contribution in [3.63, 3.8) is 0 Å². The molecule has 0 atom stereocenters. The molecule has 0 fully saturated rings. The molecule has 0 unspecified atom stereocenters. The van der Waals surface area contributed by atoms with Crippen LogP contribution in [0.3, 0.4) is 0 Å². The fourth-order valence-corrected chi connectivity index (χ4v) is 2.50. The third kappa shape index (κ3) is 2.98. The van der Waals surface area contributed by atoms with Crippen molar-refractivity contribution in [2.45, 2.75) is 25.6 Å². The molecule has 1 N–H and O–H groups in total. The maximum atomic E-state index is 12.5. The molecule has 1 aliphatic carbocycles. The van der Waals surface area contributed by atoms with E-state index in [-0.39, 0.29) is 6.61 Å². The summed E-state index contributed by atoms with van der Waals surface area (Å²) in [6, 6.07) is 10.5. The molecule has 0 spiro atoms. The van der Waals surface area contributed by atoms with Gasteiger partial charge in [-0.05, 0) is 48.2 Å². The number of rotatable bonds is 3. The van der Waals surface area contributed by atoms with Crippen LogP contribution < -0.4 is 4.74 Å². The van der Waals surface area contributed by atoms with Crippen molar-refractivity contribution < 1.29 is 17.9 Å². The van der Waals surface area contributed by atoms with Gasteiger partial charge in [0.05, 0.1) is 5.56 Å². The zero-order valence-electron chi connectivity index (χ0n) is 11.7. The van der Waals surface area contributed by atoms with Crippen LogP contribution in [0.4, 0.5) is 13.2 Å². The summed E-state index contributed by atoms with van der Waals surface area (Å²) in [6.45, 7) is 0.199. The van der Waals surface area contributed by atoms with E-state index in [1.165, 1.54) is 12.1 Å². The van der Waals surface area contributed by atoms with Gasteiger partial charge in [0.15, 0.2) is 0 Å². The fraction of sp³-hybridized carbons (Fsp3) is 0.235. The molecule has 0 heterocycles. The number of ether oxygens (including phenoxy) is 1. The average Bonchev–Trinajstić information content (AvgIpc) is 2.86. The van der Waals surface area contributed by atoms with Crippen LogP contribution in [0, 0.1) is 5.41 Å². The van der Waals surface area contributed by atoms with Crippen LogP contribution >= 0.6 is 0 Å². The number of fused-ring (bicyclic) bond motifs is 1. The van der Waals surface area contributed by atoms with Crippen molar-refractivity contribution in [3.8, 4) is 5.75 Å². The quantitative estimate of drug-likeness (QED) is 0.883. The predicted molar refractivity (Wildman–Crippen MR) is 77.4 cm³/mol. The van der Waals surface area contributed by atoms with Crippen LogP contribution in [0.5, 0.6) is 5.75 Å². The summed E-state index contributed by atoms with van der Waals surface area (Å²) in [6.07, 6.45) is -2.69. The summed E-state index contributed by atoms with van der Waals surface area (Å²) in [5.74, 6) is 0.630. The van der Waals surface area contributed by atoms with E-state index in [0.717, 1.165) is 36.1 Å². The molecule has 0 radical (unpaired) electrons. The van der Waals surface area contributed by atoms with E-state index in [4.69, 9.17) is 10.1 Å². The summed E-state index contributed by atoms with van der Waals surface area (Å²) in [5.41, 5.74) is 2.66. The lowest BCUT2D eigenvalue weighted by Crippen LogP contribution is -2.05. The number of nitrogens with one attached hydrogen (secondary N) is 1. The highest BCUT2D eigenvalue weighted by molar-refractivity contribution is 6.02.